The van der Waals surface area contributed by atoms with Crippen molar-refractivity contribution < 1.29 is 4.74 Å². The zero-order valence-electron chi connectivity index (χ0n) is 9.88. The zero-order valence-corrected chi connectivity index (χ0v) is 11.4. The number of halogens is 2. The molecule has 1 aromatic carbocycles. The Labute approximate surface area is 112 Å². The van der Waals surface area contributed by atoms with Crippen LogP contribution in [0.15, 0.2) is 18.2 Å². The van der Waals surface area contributed by atoms with Crippen LogP contribution < -0.4 is 5.32 Å². The number of hydrogen-bond acceptors (Lipinski definition) is 2. The van der Waals surface area contributed by atoms with Crippen molar-refractivity contribution in [3.63, 3.8) is 0 Å². The van der Waals surface area contributed by atoms with E-state index < -0.39 is 0 Å². The predicted octanol–water partition coefficient (Wildman–Crippen LogP) is 3.65. The SMILES string of the molecule is CC(NCc1cc(Cl)ccc1Cl)C1CCCO1. The van der Waals surface area contributed by atoms with Crippen molar-refractivity contribution in [3.8, 4) is 0 Å². The van der Waals surface area contributed by atoms with E-state index in [4.69, 9.17) is 27.9 Å². The van der Waals surface area contributed by atoms with Gasteiger partial charge in [-0.1, -0.05) is 23.2 Å². The topological polar surface area (TPSA) is 21.3 Å². The van der Waals surface area contributed by atoms with Crippen LogP contribution in [0.1, 0.15) is 25.3 Å². The van der Waals surface area contributed by atoms with Crippen LogP contribution in [0.25, 0.3) is 0 Å². The Morgan fingerprint density at radius 3 is 3.00 bits per heavy atom. The minimum atomic E-state index is 0.327. The summed E-state index contributed by atoms with van der Waals surface area (Å²) in [6.07, 6.45) is 2.62. The van der Waals surface area contributed by atoms with Crippen molar-refractivity contribution >= 4 is 23.2 Å². The molecule has 1 heterocycles. The molecule has 1 saturated heterocycles. The van der Waals surface area contributed by atoms with Gasteiger partial charge in [-0.05, 0) is 43.5 Å². The summed E-state index contributed by atoms with van der Waals surface area (Å²) in [5.74, 6) is 0. The van der Waals surface area contributed by atoms with Gasteiger partial charge >= 0.3 is 0 Å². The van der Waals surface area contributed by atoms with E-state index in [9.17, 15) is 0 Å². The molecule has 1 aliphatic heterocycles. The molecule has 1 aliphatic rings. The molecule has 17 heavy (non-hydrogen) atoms. The molecule has 2 rings (SSSR count). The van der Waals surface area contributed by atoms with Gasteiger partial charge in [0.1, 0.15) is 0 Å². The second-order valence-electron chi connectivity index (χ2n) is 4.46. The highest BCUT2D eigenvalue weighted by molar-refractivity contribution is 6.33. The molecule has 1 N–H and O–H groups in total. The smallest absolute Gasteiger partial charge is 0.0726 e. The van der Waals surface area contributed by atoms with Gasteiger partial charge in [-0.2, -0.15) is 0 Å². The summed E-state index contributed by atoms with van der Waals surface area (Å²) < 4.78 is 5.64. The lowest BCUT2D eigenvalue weighted by molar-refractivity contribution is 0.0832. The molecule has 0 spiro atoms. The molecule has 1 aromatic rings. The summed E-state index contributed by atoms with van der Waals surface area (Å²) in [6.45, 7) is 3.75. The maximum atomic E-state index is 6.11. The van der Waals surface area contributed by atoms with Crippen LogP contribution in [0.3, 0.4) is 0 Å². The van der Waals surface area contributed by atoms with Crippen LogP contribution in [0.5, 0.6) is 0 Å². The van der Waals surface area contributed by atoms with Crippen molar-refractivity contribution in [2.75, 3.05) is 6.61 Å². The first-order valence-electron chi connectivity index (χ1n) is 5.96. The number of rotatable bonds is 4. The summed E-state index contributed by atoms with van der Waals surface area (Å²) in [7, 11) is 0. The van der Waals surface area contributed by atoms with Crippen LogP contribution in [0.2, 0.25) is 10.0 Å². The van der Waals surface area contributed by atoms with E-state index >= 15 is 0 Å². The Bertz CT molecular complexity index is 378. The average molecular weight is 274 g/mol. The summed E-state index contributed by atoms with van der Waals surface area (Å²) in [4.78, 5) is 0. The molecular weight excluding hydrogens is 257 g/mol. The van der Waals surface area contributed by atoms with Crippen molar-refractivity contribution in [2.24, 2.45) is 0 Å². The van der Waals surface area contributed by atoms with E-state index in [1.54, 1.807) is 6.07 Å². The van der Waals surface area contributed by atoms with Crippen LogP contribution in [-0.4, -0.2) is 18.8 Å². The molecule has 94 valence electrons. The lowest BCUT2D eigenvalue weighted by Gasteiger charge is -2.20. The fraction of sp³-hybridized carbons (Fsp3) is 0.538. The predicted molar refractivity (Wildman–Crippen MR) is 71.7 cm³/mol. The van der Waals surface area contributed by atoms with Gasteiger partial charge in [0.05, 0.1) is 6.10 Å². The van der Waals surface area contributed by atoms with Gasteiger partial charge in [0, 0.05) is 29.2 Å². The Balaban J connectivity index is 1.90. The monoisotopic (exact) mass is 273 g/mol. The summed E-state index contributed by atoms with van der Waals surface area (Å²) >= 11 is 12.1. The minimum Gasteiger partial charge on any atom is -0.377 e. The average Bonchev–Trinajstić information content (AvgIpc) is 2.83. The number of benzene rings is 1. The lowest BCUT2D eigenvalue weighted by atomic mass is 10.1. The van der Waals surface area contributed by atoms with Crippen LogP contribution in [0.4, 0.5) is 0 Å². The molecule has 2 unspecified atom stereocenters. The third-order valence-electron chi connectivity index (χ3n) is 3.14. The normalized spacial score (nSPS) is 21.7. The maximum Gasteiger partial charge on any atom is 0.0726 e. The molecule has 2 nitrogen and oxygen atoms in total. The first kappa shape index (κ1) is 13.2. The Morgan fingerprint density at radius 2 is 2.29 bits per heavy atom. The van der Waals surface area contributed by atoms with Crippen molar-refractivity contribution in [1.82, 2.24) is 5.32 Å². The number of ether oxygens (including phenoxy) is 1. The molecule has 0 bridgehead atoms. The quantitative estimate of drug-likeness (QED) is 0.904. The molecule has 4 heteroatoms. The maximum absolute atomic E-state index is 6.11. The fourth-order valence-electron chi connectivity index (χ4n) is 2.08. The number of hydrogen-bond donors (Lipinski definition) is 1. The summed E-state index contributed by atoms with van der Waals surface area (Å²) in [6, 6.07) is 5.88. The van der Waals surface area contributed by atoms with Crippen molar-refractivity contribution in [2.45, 2.75) is 38.5 Å². The van der Waals surface area contributed by atoms with Gasteiger partial charge in [0.2, 0.25) is 0 Å². The van der Waals surface area contributed by atoms with E-state index in [-0.39, 0.29) is 0 Å². The van der Waals surface area contributed by atoms with E-state index in [0.29, 0.717) is 12.1 Å². The van der Waals surface area contributed by atoms with E-state index in [1.807, 2.05) is 12.1 Å². The Kier molecular flexibility index (Phi) is 4.69. The fourth-order valence-corrected chi connectivity index (χ4v) is 2.46. The molecule has 0 saturated carbocycles. The largest absolute Gasteiger partial charge is 0.377 e. The Hall–Kier alpha value is -0.280. The Morgan fingerprint density at radius 1 is 1.47 bits per heavy atom. The van der Waals surface area contributed by atoms with Gasteiger partial charge < -0.3 is 10.1 Å². The molecule has 2 atom stereocenters. The van der Waals surface area contributed by atoms with Gasteiger partial charge in [-0.15, -0.1) is 0 Å². The lowest BCUT2D eigenvalue weighted by Crippen LogP contribution is -2.36. The molecular formula is C13H17Cl2NO. The van der Waals surface area contributed by atoms with Crippen molar-refractivity contribution in [3.05, 3.63) is 33.8 Å². The van der Waals surface area contributed by atoms with E-state index in [2.05, 4.69) is 12.2 Å². The number of nitrogens with one attached hydrogen (secondary N) is 1. The highest BCUT2D eigenvalue weighted by Gasteiger charge is 2.21. The second kappa shape index (κ2) is 6.05. The molecule has 1 fully saturated rings. The second-order valence-corrected chi connectivity index (χ2v) is 5.30. The molecule has 0 amide bonds. The third-order valence-corrected chi connectivity index (χ3v) is 3.75. The zero-order chi connectivity index (χ0) is 12.3. The minimum absolute atomic E-state index is 0.327. The van der Waals surface area contributed by atoms with Gasteiger partial charge in [0.15, 0.2) is 0 Å². The van der Waals surface area contributed by atoms with Crippen LogP contribution >= 0.6 is 23.2 Å². The van der Waals surface area contributed by atoms with Gasteiger partial charge in [-0.25, -0.2) is 0 Å². The highest BCUT2D eigenvalue weighted by atomic mass is 35.5. The van der Waals surface area contributed by atoms with Crippen LogP contribution in [-0.2, 0) is 11.3 Å². The molecule has 0 aromatic heterocycles. The standard InChI is InChI=1S/C13H17Cl2NO/c1-9(13-3-2-6-17-13)16-8-10-7-11(14)4-5-12(10)15/h4-5,7,9,13,16H,2-3,6,8H2,1H3. The summed E-state index contributed by atoms with van der Waals surface area (Å²) in [5, 5.41) is 4.91. The molecule has 0 radical (unpaired) electrons. The van der Waals surface area contributed by atoms with Gasteiger partial charge in [-0.3, -0.25) is 0 Å². The first-order valence-corrected chi connectivity index (χ1v) is 6.71. The van der Waals surface area contributed by atoms with E-state index in [0.717, 1.165) is 41.6 Å². The first-order chi connectivity index (χ1) is 8.16. The third kappa shape index (κ3) is 3.59. The van der Waals surface area contributed by atoms with Crippen molar-refractivity contribution in [1.29, 1.82) is 0 Å². The highest BCUT2D eigenvalue weighted by Crippen LogP contribution is 2.21. The van der Waals surface area contributed by atoms with Crippen LogP contribution in [0, 0.1) is 0 Å². The van der Waals surface area contributed by atoms with E-state index in [1.165, 1.54) is 0 Å². The summed E-state index contributed by atoms with van der Waals surface area (Å²) in [5.41, 5.74) is 1.03. The molecule has 0 aliphatic carbocycles. The van der Waals surface area contributed by atoms with Gasteiger partial charge in [0.25, 0.3) is 0 Å².